The van der Waals surface area contributed by atoms with Gasteiger partial charge in [-0.2, -0.15) is 0 Å². The van der Waals surface area contributed by atoms with Crippen LogP contribution in [0.25, 0.3) is 5.00 Å². The molecule has 0 amide bonds. The Morgan fingerprint density at radius 1 is 1.18 bits per heavy atom. The quantitative estimate of drug-likeness (QED) is 0.277. The third-order valence-corrected chi connectivity index (χ3v) is 6.72. The van der Waals surface area contributed by atoms with Crippen LogP contribution in [0.5, 0.6) is 0 Å². The Bertz CT molecular complexity index is 1200. The summed E-state index contributed by atoms with van der Waals surface area (Å²) >= 11 is 13.0. The van der Waals surface area contributed by atoms with Crippen LogP contribution < -0.4 is 0 Å². The van der Waals surface area contributed by atoms with Gasteiger partial charge in [-0.1, -0.05) is 23.7 Å². The molecule has 0 radical (unpaired) electrons. The van der Waals surface area contributed by atoms with Gasteiger partial charge in [0, 0.05) is 21.0 Å². The number of thiophene rings is 1. The number of aryl methyl sites for hydroxylation is 2. The molecular formula is C22H22Cl2N4O4S. The van der Waals surface area contributed by atoms with Gasteiger partial charge in [0.05, 0.1) is 19.2 Å². The van der Waals surface area contributed by atoms with Crippen LogP contribution in [0.3, 0.4) is 0 Å². The molecule has 33 heavy (non-hydrogen) atoms. The molecule has 3 rings (SSSR count). The van der Waals surface area contributed by atoms with Crippen LogP contribution in [0.4, 0.5) is 0 Å². The molecule has 0 aliphatic carbocycles. The molecular weight excluding hydrogens is 487 g/mol. The van der Waals surface area contributed by atoms with Crippen LogP contribution in [-0.2, 0) is 25.5 Å². The normalized spacial score (nSPS) is 11.8. The lowest BCUT2D eigenvalue weighted by atomic mass is 10.00. The van der Waals surface area contributed by atoms with Gasteiger partial charge >= 0.3 is 11.9 Å². The fraction of sp³-hybridized carbons (Fsp3) is 0.318. The van der Waals surface area contributed by atoms with Crippen molar-refractivity contribution in [3.8, 4) is 5.00 Å². The summed E-state index contributed by atoms with van der Waals surface area (Å²) in [6.07, 6.45) is -1.30. The highest BCUT2D eigenvalue weighted by molar-refractivity contribution is 7.15. The summed E-state index contributed by atoms with van der Waals surface area (Å²) < 4.78 is 11.7. The number of nitrogens with zero attached hydrogens (tertiary/aromatic N) is 3. The predicted octanol–water partition coefficient (Wildman–Crippen LogP) is 4.19. The number of benzene rings is 1. The van der Waals surface area contributed by atoms with Gasteiger partial charge in [0.15, 0.2) is 0 Å². The predicted molar refractivity (Wildman–Crippen MR) is 127 cm³/mol. The summed E-state index contributed by atoms with van der Waals surface area (Å²) in [4.78, 5) is 25.0. The Balaban J connectivity index is 2.08. The number of ether oxygens (including phenoxy) is 2. The first-order valence-electron chi connectivity index (χ1n) is 9.87. The van der Waals surface area contributed by atoms with Gasteiger partial charge in [-0.05, 0) is 38.5 Å². The van der Waals surface area contributed by atoms with Crippen LogP contribution in [-0.4, -0.2) is 51.5 Å². The van der Waals surface area contributed by atoms with Crippen molar-refractivity contribution < 1.29 is 19.1 Å². The second-order valence-corrected chi connectivity index (χ2v) is 9.09. The highest BCUT2D eigenvalue weighted by Crippen LogP contribution is 2.34. The second kappa shape index (κ2) is 10.5. The van der Waals surface area contributed by atoms with Crippen molar-refractivity contribution in [1.82, 2.24) is 14.8 Å². The van der Waals surface area contributed by atoms with E-state index in [4.69, 9.17) is 38.1 Å². The van der Waals surface area contributed by atoms with Crippen molar-refractivity contribution in [3.63, 3.8) is 0 Å². The first-order chi connectivity index (χ1) is 15.7. The lowest BCUT2D eigenvalue weighted by Crippen LogP contribution is -2.32. The van der Waals surface area contributed by atoms with Crippen molar-refractivity contribution >= 4 is 52.2 Å². The molecule has 1 unspecified atom stereocenters. The standard InChI is InChI=1S/C22H22Cl2N4O4S/c1-11-12(2)33-21(19(11)20(25)14-5-7-15(24)8-6-14)28-13(3)26-27-17(28)9-16(22(30)31-4)32-18(29)10-23/h5-8,16,25H,9-10H2,1-4H3. The topological polar surface area (TPSA) is 107 Å². The van der Waals surface area contributed by atoms with Gasteiger partial charge < -0.3 is 9.47 Å². The molecule has 11 heteroatoms. The Hall–Kier alpha value is -2.75. The van der Waals surface area contributed by atoms with Gasteiger partial charge in [0.1, 0.15) is 22.5 Å². The molecule has 1 N–H and O–H groups in total. The maximum absolute atomic E-state index is 12.2. The number of carbonyl (C=O) groups excluding carboxylic acids is 2. The van der Waals surface area contributed by atoms with Crippen molar-refractivity contribution in [3.05, 3.63) is 62.5 Å². The summed E-state index contributed by atoms with van der Waals surface area (Å²) in [5, 5.41) is 18.6. The molecule has 0 aliphatic heterocycles. The van der Waals surface area contributed by atoms with Crippen molar-refractivity contribution in [1.29, 1.82) is 5.41 Å². The minimum atomic E-state index is -1.23. The Labute approximate surface area is 205 Å². The van der Waals surface area contributed by atoms with Gasteiger partial charge in [-0.15, -0.1) is 33.1 Å². The lowest BCUT2D eigenvalue weighted by molar-refractivity contribution is -0.164. The summed E-state index contributed by atoms with van der Waals surface area (Å²) in [7, 11) is 1.21. The first-order valence-corrected chi connectivity index (χ1v) is 11.6. The van der Waals surface area contributed by atoms with E-state index in [9.17, 15) is 9.59 Å². The zero-order valence-corrected chi connectivity index (χ0v) is 20.8. The number of hydrogen-bond acceptors (Lipinski definition) is 8. The number of aromatic nitrogens is 3. The van der Waals surface area contributed by atoms with E-state index in [0.29, 0.717) is 27.9 Å². The Morgan fingerprint density at radius 3 is 2.45 bits per heavy atom. The van der Waals surface area contributed by atoms with Crippen molar-refractivity contribution in [2.75, 3.05) is 13.0 Å². The Morgan fingerprint density at radius 2 is 1.85 bits per heavy atom. The average Bonchev–Trinajstić information content (AvgIpc) is 3.30. The third kappa shape index (κ3) is 5.26. The van der Waals surface area contributed by atoms with Gasteiger partial charge in [-0.25, -0.2) is 4.79 Å². The number of halogens is 2. The van der Waals surface area contributed by atoms with E-state index in [1.165, 1.54) is 18.4 Å². The van der Waals surface area contributed by atoms with E-state index in [1.54, 1.807) is 35.8 Å². The number of alkyl halides is 1. The molecule has 0 bridgehead atoms. The number of rotatable bonds is 8. The SMILES string of the molecule is COC(=O)C(Cc1nnc(C)n1-c1sc(C)c(C)c1C(=N)c1ccc(Cl)cc1)OC(=O)CCl. The largest absolute Gasteiger partial charge is 0.466 e. The van der Waals surface area contributed by atoms with Crippen LogP contribution >= 0.6 is 34.5 Å². The number of carbonyl (C=O) groups is 2. The fourth-order valence-electron chi connectivity index (χ4n) is 3.28. The van der Waals surface area contributed by atoms with Crippen LogP contribution in [0, 0.1) is 26.2 Å². The fourth-order valence-corrected chi connectivity index (χ4v) is 4.71. The molecule has 3 aromatic rings. The molecule has 0 saturated carbocycles. The maximum Gasteiger partial charge on any atom is 0.347 e. The minimum absolute atomic E-state index is 0.0696. The molecule has 0 spiro atoms. The van der Waals surface area contributed by atoms with E-state index < -0.39 is 23.9 Å². The number of esters is 2. The molecule has 0 fully saturated rings. The highest BCUT2D eigenvalue weighted by Gasteiger charge is 2.29. The summed E-state index contributed by atoms with van der Waals surface area (Å²) in [6, 6.07) is 7.06. The molecule has 1 atom stereocenters. The average molecular weight is 509 g/mol. The first kappa shape index (κ1) is 24.9. The molecule has 0 aliphatic rings. The maximum atomic E-state index is 12.2. The lowest BCUT2D eigenvalue weighted by Gasteiger charge is -2.16. The molecule has 8 nitrogen and oxygen atoms in total. The highest BCUT2D eigenvalue weighted by atomic mass is 35.5. The van der Waals surface area contributed by atoms with E-state index in [2.05, 4.69) is 10.2 Å². The second-order valence-electron chi connectivity index (χ2n) is 7.18. The zero-order chi connectivity index (χ0) is 24.3. The molecule has 2 aromatic heterocycles. The van der Waals surface area contributed by atoms with Gasteiger partial charge in [0.25, 0.3) is 0 Å². The van der Waals surface area contributed by atoms with Crippen LogP contribution in [0.1, 0.15) is 33.2 Å². The van der Waals surface area contributed by atoms with Crippen LogP contribution in [0.2, 0.25) is 5.02 Å². The van der Waals surface area contributed by atoms with Gasteiger partial charge in [0.2, 0.25) is 6.10 Å². The number of methoxy groups -OCH3 is 1. The van der Waals surface area contributed by atoms with Crippen molar-refractivity contribution in [2.45, 2.75) is 33.3 Å². The van der Waals surface area contributed by atoms with E-state index in [1.807, 2.05) is 13.8 Å². The van der Waals surface area contributed by atoms with Crippen LogP contribution in [0.15, 0.2) is 24.3 Å². The van der Waals surface area contributed by atoms with E-state index in [-0.39, 0.29) is 6.42 Å². The van der Waals surface area contributed by atoms with E-state index in [0.717, 1.165) is 21.0 Å². The number of nitrogens with one attached hydrogen (secondary N) is 1. The molecule has 2 heterocycles. The molecule has 0 saturated heterocycles. The Kier molecular flexibility index (Phi) is 7.88. The third-order valence-electron chi connectivity index (χ3n) is 5.06. The summed E-state index contributed by atoms with van der Waals surface area (Å²) in [5.41, 5.74) is 2.70. The summed E-state index contributed by atoms with van der Waals surface area (Å²) in [5.74, 6) is -0.929. The van der Waals surface area contributed by atoms with E-state index >= 15 is 0 Å². The molecule has 1 aromatic carbocycles. The smallest absolute Gasteiger partial charge is 0.347 e. The van der Waals surface area contributed by atoms with Gasteiger partial charge in [-0.3, -0.25) is 14.8 Å². The zero-order valence-electron chi connectivity index (χ0n) is 18.4. The van der Waals surface area contributed by atoms with Crippen molar-refractivity contribution in [2.24, 2.45) is 0 Å². The monoisotopic (exact) mass is 508 g/mol. The number of hydrogen-bond donors (Lipinski definition) is 1. The summed E-state index contributed by atoms with van der Waals surface area (Å²) in [6.45, 7) is 5.70. The molecule has 174 valence electrons. The minimum Gasteiger partial charge on any atom is -0.466 e.